The molecule has 0 aliphatic rings. The number of unbranched alkanes of at least 4 members (excludes halogenated alkanes) is 19. The quantitative estimate of drug-likeness (QED) is 0.0214. The lowest BCUT2D eigenvalue weighted by Crippen LogP contribution is -2.37. The Kier molecular flexibility index (Phi) is 43.0. The van der Waals surface area contributed by atoms with Crippen LogP contribution >= 0.6 is 7.82 Å². The van der Waals surface area contributed by atoms with E-state index in [1.54, 1.807) is 0 Å². The lowest BCUT2D eigenvalue weighted by Gasteiger charge is -2.24. The van der Waals surface area contributed by atoms with Gasteiger partial charge in [0, 0.05) is 13.0 Å². The highest BCUT2D eigenvalue weighted by atomic mass is 31.2. The van der Waals surface area contributed by atoms with Gasteiger partial charge in [0.25, 0.3) is 0 Å². The first-order chi connectivity index (χ1) is 29.6. The molecule has 61 heavy (non-hydrogen) atoms. The van der Waals surface area contributed by atoms with Crippen LogP contribution < -0.4 is 0 Å². The number of hydrogen-bond acceptors (Lipinski definition) is 6. The van der Waals surface area contributed by atoms with Crippen molar-refractivity contribution in [1.29, 1.82) is 0 Å². The second-order valence-corrected chi connectivity index (χ2v) is 18.9. The van der Waals surface area contributed by atoms with Crippen molar-refractivity contribution >= 4 is 13.8 Å². The maximum Gasteiger partial charge on any atom is 0.472 e. The van der Waals surface area contributed by atoms with Crippen molar-refractivity contribution in [2.75, 3.05) is 54.1 Å². The van der Waals surface area contributed by atoms with E-state index in [-0.39, 0.29) is 26.2 Å². The van der Waals surface area contributed by atoms with Crippen LogP contribution in [0.1, 0.15) is 194 Å². The Morgan fingerprint density at radius 1 is 0.525 bits per heavy atom. The van der Waals surface area contributed by atoms with Crippen LogP contribution in [-0.2, 0) is 27.9 Å². The van der Waals surface area contributed by atoms with E-state index in [2.05, 4.69) is 74.6 Å². The molecule has 0 heterocycles. The molecule has 8 nitrogen and oxygen atoms in total. The Bertz CT molecular complexity index is 1200. The topological polar surface area (TPSA) is 91.3 Å². The van der Waals surface area contributed by atoms with Gasteiger partial charge in [0.05, 0.1) is 34.4 Å². The molecule has 0 aliphatic carbocycles. The predicted molar refractivity (Wildman–Crippen MR) is 261 cm³/mol. The maximum atomic E-state index is 12.7. The molecule has 0 amide bonds. The Morgan fingerprint density at radius 3 is 1.33 bits per heavy atom. The van der Waals surface area contributed by atoms with E-state index in [1.165, 1.54) is 116 Å². The molecule has 0 saturated carbocycles. The number of phosphoric ester groups is 1. The summed E-state index contributed by atoms with van der Waals surface area (Å²) in [5.74, 6) is -0.394. The molecule has 0 radical (unpaired) electrons. The van der Waals surface area contributed by atoms with Crippen molar-refractivity contribution in [3.05, 3.63) is 72.9 Å². The summed E-state index contributed by atoms with van der Waals surface area (Å²) >= 11 is 0. The van der Waals surface area contributed by atoms with E-state index in [0.717, 1.165) is 51.4 Å². The zero-order chi connectivity index (χ0) is 44.8. The van der Waals surface area contributed by atoms with Crippen molar-refractivity contribution in [3.8, 4) is 0 Å². The van der Waals surface area contributed by atoms with Gasteiger partial charge in [-0.1, -0.05) is 209 Å². The summed E-state index contributed by atoms with van der Waals surface area (Å²) in [7, 11) is 1.62. The lowest BCUT2D eigenvalue weighted by atomic mass is 10.0. The molecule has 2 atom stereocenters. The first-order valence-corrected chi connectivity index (χ1v) is 26.2. The Hall–Kier alpha value is -2.06. The second-order valence-electron chi connectivity index (χ2n) is 17.5. The third-order valence-electron chi connectivity index (χ3n) is 10.3. The number of likely N-dealkylation sites (N-methyl/N-ethyl adjacent to an activating group) is 1. The first kappa shape index (κ1) is 58.9. The van der Waals surface area contributed by atoms with Gasteiger partial charge in [-0.05, 0) is 51.4 Å². The monoisotopic (exact) mass is 877 g/mol. The highest BCUT2D eigenvalue weighted by Gasteiger charge is 2.26. The number of carbonyl (C=O) groups excluding carboxylic acids is 1. The molecule has 9 heteroatoms. The van der Waals surface area contributed by atoms with E-state index in [9.17, 15) is 14.3 Å². The average Bonchev–Trinajstić information content (AvgIpc) is 3.22. The van der Waals surface area contributed by atoms with Crippen LogP contribution in [0.2, 0.25) is 0 Å². The minimum Gasteiger partial charge on any atom is -0.457 e. The zero-order valence-corrected chi connectivity index (χ0v) is 41.0. The Labute approximate surface area is 376 Å². The minimum absolute atomic E-state index is 0.0730. The zero-order valence-electron chi connectivity index (χ0n) is 40.1. The molecule has 0 fully saturated rings. The van der Waals surface area contributed by atoms with Gasteiger partial charge < -0.3 is 18.9 Å². The van der Waals surface area contributed by atoms with E-state index < -0.39 is 19.9 Å². The smallest absolute Gasteiger partial charge is 0.457 e. The molecule has 354 valence electrons. The summed E-state index contributed by atoms with van der Waals surface area (Å²) in [4.78, 5) is 22.9. The summed E-state index contributed by atoms with van der Waals surface area (Å²) in [6.45, 7) is 5.42. The van der Waals surface area contributed by atoms with Crippen LogP contribution in [0.25, 0.3) is 0 Å². The molecular formula is C52H95NO7P+. The van der Waals surface area contributed by atoms with Gasteiger partial charge in [0.1, 0.15) is 19.3 Å². The maximum absolute atomic E-state index is 12.7. The summed E-state index contributed by atoms with van der Waals surface area (Å²) in [5, 5.41) is 0. The standard InChI is InChI=1S/C52H94NO7P/c1-6-8-10-12-14-16-18-20-22-24-26-28-30-32-34-36-38-40-42-44-47-57-49-51(50-59-61(55,56)58-48-46-53(3,4)5)60-52(54)45-43-41-39-37-35-33-31-29-27-25-23-21-19-17-15-13-11-9-7-2/h9,11,15,17,21,23,27,29,33,35,39,41,51H,6-8,10,12-14,16,18-20,22,24-26,28,30-32,34,36-38,40,42-50H2,1-5H3/p+1/b11-9-,17-15-,23-21-,29-27-,35-33-,41-39-. The van der Waals surface area contributed by atoms with Crippen LogP contribution in [0.4, 0.5) is 0 Å². The molecule has 0 aromatic heterocycles. The molecule has 2 unspecified atom stereocenters. The predicted octanol–water partition coefficient (Wildman–Crippen LogP) is 15.1. The number of hydrogen-bond donors (Lipinski definition) is 1. The molecule has 0 aromatic rings. The summed E-state index contributed by atoms with van der Waals surface area (Å²) in [6.07, 6.45) is 58.2. The lowest BCUT2D eigenvalue weighted by molar-refractivity contribution is -0.870. The van der Waals surface area contributed by atoms with Crippen molar-refractivity contribution < 1.29 is 37.3 Å². The fourth-order valence-electron chi connectivity index (χ4n) is 6.52. The van der Waals surface area contributed by atoms with Crippen molar-refractivity contribution in [3.63, 3.8) is 0 Å². The van der Waals surface area contributed by atoms with Crippen molar-refractivity contribution in [1.82, 2.24) is 0 Å². The van der Waals surface area contributed by atoms with Gasteiger partial charge in [-0.25, -0.2) is 4.57 Å². The largest absolute Gasteiger partial charge is 0.472 e. The van der Waals surface area contributed by atoms with Crippen LogP contribution in [0.15, 0.2) is 72.9 Å². The number of carbonyl (C=O) groups is 1. The first-order valence-electron chi connectivity index (χ1n) is 24.7. The van der Waals surface area contributed by atoms with Crippen LogP contribution in [0.3, 0.4) is 0 Å². The van der Waals surface area contributed by atoms with Gasteiger partial charge in [0.15, 0.2) is 0 Å². The third-order valence-corrected chi connectivity index (χ3v) is 11.3. The third kappa shape index (κ3) is 48.8. The van der Waals surface area contributed by atoms with Gasteiger partial charge in [-0.2, -0.15) is 0 Å². The van der Waals surface area contributed by atoms with Crippen molar-refractivity contribution in [2.24, 2.45) is 0 Å². The number of rotatable bonds is 45. The molecule has 0 aliphatic heterocycles. The number of nitrogens with zero attached hydrogens (tertiary/aromatic N) is 1. The van der Waals surface area contributed by atoms with Crippen LogP contribution in [0.5, 0.6) is 0 Å². The highest BCUT2D eigenvalue weighted by Crippen LogP contribution is 2.43. The summed E-state index contributed by atoms with van der Waals surface area (Å²) < 4.78 is 35.0. The normalized spacial score (nSPS) is 14.3. The molecule has 0 bridgehead atoms. The average molecular weight is 877 g/mol. The van der Waals surface area contributed by atoms with E-state index in [1.807, 2.05) is 33.3 Å². The number of allylic oxidation sites excluding steroid dienone is 12. The fourth-order valence-corrected chi connectivity index (χ4v) is 7.26. The Morgan fingerprint density at radius 2 is 0.918 bits per heavy atom. The number of quaternary nitrogens is 1. The SMILES string of the molecule is CC/C=C\C/C=C\C/C=C\C/C=C\C/C=C\C/C=C\CCC(=O)OC(COCCCCCCCCCCCCCCCCCCCCCC)COP(=O)(O)OCC[N+](C)(C)C. The highest BCUT2D eigenvalue weighted by molar-refractivity contribution is 7.47. The number of ether oxygens (including phenoxy) is 2. The molecule has 0 rings (SSSR count). The molecule has 1 N–H and O–H groups in total. The van der Waals surface area contributed by atoms with E-state index in [0.29, 0.717) is 24.1 Å². The molecule has 0 aromatic carbocycles. The molecule has 0 saturated heterocycles. The van der Waals surface area contributed by atoms with E-state index >= 15 is 0 Å². The fraction of sp³-hybridized carbons (Fsp3) is 0.750. The molecule has 0 spiro atoms. The van der Waals surface area contributed by atoms with Gasteiger partial charge in [-0.15, -0.1) is 0 Å². The van der Waals surface area contributed by atoms with Crippen molar-refractivity contribution in [2.45, 2.75) is 200 Å². The van der Waals surface area contributed by atoms with Crippen LogP contribution in [-0.4, -0.2) is 75.6 Å². The number of esters is 1. The minimum atomic E-state index is -4.30. The second kappa shape index (κ2) is 44.5. The van der Waals surface area contributed by atoms with Gasteiger partial charge in [-0.3, -0.25) is 13.8 Å². The van der Waals surface area contributed by atoms with Gasteiger partial charge in [0.2, 0.25) is 0 Å². The summed E-state index contributed by atoms with van der Waals surface area (Å²) in [6, 6.07) is 0. The molecular weight excluding hydrogens is 782 g/mol. The number of phosphoric acid groups is 1. The Balaban J connectivity index is 4.27. The van der Waals surface area contributed by atoms with Gasteiger partial charge >= 0.3 is 13.8 Å². The summed E-state index contributed by atoms with van der Waals surface area (Å²) in [5.41, 5.74) is 0. The van der Waals surface area contributed by atoms with Crippen LogP contribution in [0, 0.1) is 0 Å². The van der Waals surface area contributed by atoms with E-state index in [4.69, 9.17) is 18.5 Å².